The quantitative estimate of drug-likeness (QED) is 0.581. The van der Waals surface area contributed by atoms with E-state index in [0.717, 1.165) is 22.6 Å². The summed E-state index contributed by atoms with van der Waals surface area (Å²) in [5.74, 6) is 2.39. The Morgan fingerprint density at radius 1 is 1.04 bits per heavy atom. The van der Waals surface area contributed by atoms with Gasteiger partial charge in [-0.1, -0.05) is 23.9 Å². The van der Waals surface area contributed by atoms with Gasteiger partial charge in [0.05, 0.1) is 20.0 Å². The maximum atomic E-state index is 12.0. The Hall–Kier alpha value is -3.00. The van der Waals surface area contributed by atoms with Crippen LogP contribution in [0.2, 0.25) is 0 Å². The zero-order chi connectivity index (χ0) is 19.1. The monoisotopic (exact) mass is 384 g/mol. The van der Waals surface area contributed by atoms with Gasteiger partial charge in [-0.25, -0.2) is 4.98 Å². The van der Waals surface area contributed by atoms with Gasteiger partial charge in [0, 0.05) is 12.1 Å². The molecule has 0 aliphatic rings. The van der Waals surface area contributed by atoms with Crippen LogP contribution in [-0.4, -0.2) is 41.1 Å². The molecule has 3 rings (SSSR count). The van der Waals surface area contributed by atoms with E-state index in [1.807, 2.05) is 48.5 Å². The molecule has 2 N–H and O–H groups in total. The van der Waals surface area contributed by atoms with E-state index in [2.05, 4.69) is 20.5 Å². The first kappa shape index (κ1) is 18.8. The number of methoxy groups -OCH3 is 2. The number of aromatic nitrogens is 3. The van der Waals surface area contributed by atoms with Gasteiger partial charge >= 0.3 is 0 Å². The number of ether oxygens (including phenoxy) is 2. The minimum atomic E-state index is -0.0772. The van der Waals surface area contributed by atoms with Crippen molar-refractivity contribution in [3.8, 4) is 22.9 Å². The fraction of sp³-hybridized carbons (Fsp3) is 0.211. The summed E-state index contributed by atoms with van der Waals surface area (Å²) in [5.41, 5.74) is 1.91. The number of nitrogens with one attached hydrogen (secondary N) is 2. The van der Waals surface area contributed by atoms with Crippen LogP contribution in [0, 0.1) is 0 Å². The summed E-state index contributed by atoms with van der Waals surface area (Å²) in [6, 6.07) is 15.1. The first-order valence-electron chi connectivity index (χ1n) is 8.27. The summed E-state index contributed by atoms with van der Waals surface area (Å²) in [6.07, 6.45) is 0. The van der Waals surface area contributed by atoms with Gasteiger partial charge in [-0.05, 0) is 42.0 Å². The third-order valence-electron chi connectivity index (χ3n) is 3.81. The molecule has 0 saturated heterocycles. The summed E-state index contributed by atoms with van der Waals surface area (Å²) in [7, 11) is 3.25. The van der Waals surface area contributed by atoms with E-state index >= 15 is 0 Å². The smallest absolute Gasteiger partial charge is 0.230 e. The Morgan fingerprint density at radius 3 is 2.30 bits per heavy atom. The van der Waals surface area contributed by atoms with Crippen molar-refractivity contribution in [2.45, 2.75) is 11.7 Å². The standard InChI is InChI=1S/C19H20N4O3S/c1-25-15-7-3-13(4-8-15)11-20-17(24)12-27-19-21-18(22-23-19)14-5-9-16(26-2)10-6-14/h3-10H,11-12H2,1-2H3,(H,20,24)(H,21,22,23). The number of amides is 1. The Morgan fingerprint density at radius 2 is 1.67 bits per heavy atom. The zero-order valence-electron chi connectivity index (χ0n) is 15.1. The molecule has 0 radical (unpaired) electrons. The van der Waals surface area contributed by atoms with E-state index < -0.39 is 0 Å². The van der Waals surface area contributed by atoms with Crippen molar-refractivity contribution in [3.63, 3.8) is 0 Å². The summed E-state index contributed by atoms with van der Waals surface area (Å²) in [6.45, 7) is 0.467. The van der Waals surface area contributed by atoms with Crippen LogP contribution < -0.4 is 14.8 Å². The van der Waals surface area contributed by atoms with Crippen LogP contribution in [0.1, 0.15) is 5.56 Å². The number of hydrogen-bond donors (Lipinski definition) is 2. The second-order valence-corrected chi connectivity index (χ2v) is 6.55. The zero-order valence-corrected chi connectivity index (χ0v) is 15.9. The van der Waals surface area contributed by atoms with E-state index in [-0.39, 0.29) is 11.7 Å². The normalized spacial score (nSPS) is 10.4. The van der Waals surface area contributed by atoms with Crippen LogP contribution in [0.5, 0.6) is 11.5 Å². The molecule has 0 aliphatic carbocycles. The SMILES string of the molecule is COc1ccc(CNC(=O)CSc2n[nH]c(-c3ccc(OC)cc3)n2)cc1. The number of carbonyl (C=O) groups excluding carboxylic acids is 1. The lowest BCUT2D eigenvalue weighted by Gasteiger charge is -2.05. The molecule has 8 heteroatoms. The second-order valence-electron chi connectivity index (χ2n) is 5.61. The fourth-order valence-corrected chi connectivity index (χ4v) is 2.94. The van der Waals surface area contributed by atoms with E-state index in [4.69, 9.17) is 9.47 Å². The van der Waals surface area contributed by atoms with Gasteiger partial charge in [-0.15, -0.1) is 5.10 Å². The molecular formula is C19H20N4O3S. The summed E-state index contributed by atoms with van der Waals surface area (Å²) >= 11 is 1.28. The lowest BCUT2D eigenvalue weighted by atomic mass is 10.2. The average Bonchev–Trinajstić information content (AvgIpc) is 3.20. The number of aromatic amines is 1. The maximum Gasteiger partial charge on any atom is 0.230 e. The largest absolute Gasteiger partial charge is 0.497 e. The molecule has 0 spiro atoms. The molecule has 1 heterocycles. The van der Waals surface area contributed by atoms with Gasteiger partial charge in [0.2, 0.25) is 11.1 Å². The molecule has 0 saturated carbocycles. The molecule has 0 bridgehead atoms. The van der Waals surface area contributed by atoms with Crippen molar-refractivity contribution in [2.75, 3.05) is 20.0 Å². The van der Waals surface area contributed by atoms with E-state index in [9.17, 15) is 4.79 Å². The molecule has 0 unspecified atom stereocenters. The van der Waals surface area contributed by atoms with Crippen molar-refractivity contribution < 1.29 is 14.3 Å². The lowest BCUT2D eigenvalue weighted by Crippen LogP contribution is -2.24. The van der Waals surface area contributed by atoms with Gasteiger partial charge in [0.15, 0.2) is 5.82 Å². The minimum absolute atomic E-state index is 0.0772. The van der Waals surface area contributed by atoms with Gasteiger partial charge < -0.3 is 14.8 Å². The van der Waals surface area contributed by atoms with Crippen molar-refractivity contribution in [1.29, 1.82) is 0 Å². The molecule has 27 heavy (non-hydrogen) atoms. The van der Waals surface area contributed by atoms with Gasteiger partial charge in [-0.2, -0.15) is 0 Å². The molecule has 1 aromatic heterocycles. The van der Waals surface area contributed by atoms with Crippen molar-refractivity contribution >= 4 is 17.7 Å². The number of benzene rings is 2. The molecule has 0 atom stereocenters. The van der Waals surface area contributed by atoms with Crippen molar-refractivity contribution in [3.05, 3.63) is 54.1 Å². The number of nitrogens with zero attached hydrogens (tertiary/aromatic N) is 2. The Balaban J connectivity index is 1.47. The van der Waals surface area contributed by atoms with Crippen LogP contribution in [-0.2, 0) is 11.3 Å². The summed E-state index contributed by atoms with van der Waals surface area (Å²) < 4.78 is 10.3. The van der Waals surface area contributed by atoms with E-state index in [1.165, 1.54) is 11.8 Å². The van der Waals surface area contributed by atoms with Crippen molar-refractivity contribution in [1.82, 2.24) is 20.5 Å². The molecule has 7 nitrogen and oxygen atoms in total. The van der Waals surface area contributed by atoms with Crippen LogP contribution >= 0.6 is 11.8 Å². The first-order valence-corrected chi connectivity index (χ1v) is 9.26. The molecule has 140 valence electrons. The number of H-pyrrole nitrogens is 1. The highest BCUT2D eigenvalue weighted by molar-refractivity contribution is 7.99. The highest BCUT2D eigenvalue weighted by atomic mass is 32.2. The molecule has 3 aromatic rings. The molecule has 0 fully saturated rings. The topological polar surface area (TPSA) is 89.1 Å². The Bertz CT molecular complexity index is 879. The lowest BCUT2D eigenvalue weighted by molar-refractivity contribution is -0.118. The molecular weight excluding hydrogens is 364 g/mol. The van der Waals surface area contributed by atoms with Gasteiger partial charge in [0.25, 0.3) is 0 Å². The highest BCUT2D eigenvalue weighted by Gasteiger charge is 2.09. The van der Waals surface area contributed by atoms with Crippen LogP contribution in [0.4, 0.5) is 0 Å². The molecule has 1 amide bonds. The van der Waals surface area contributed by atoms with Gasteiger partial charge in [-0.3, -0.25) is 9.89 Å². The molecule has 0 aliphatic heterocycles. The first-order chi connectivity index (χ1) is 13.2. The number of carbonyl (C=O) groups is 1. The van der Waals surface area contributed by atoms with E-state index in [1.54, 1.807) is 14.2 Å². The summed E-state index contributed by atoms with van der Waals surface area (Å²) in [5, 5.41) is 10.4. The molecule has 2 aromatic carbocycles. The predicted octanol–water partition coefficient (Wildman–Crippen LogP) is 2.90. The van der Waals surface area contributed by atoms with Crippen LogP contribution in [0.25, 0.3) is 11.4 Å². The Labute approximate surface area is 161 Å². The van der Waals surface area contributed by atoms with Crippen LogP contribution in [0.15, 0.2) is 53.7 Å². The average molecular weight is 384 g/mol. The minimum Gasteiger partial charge on any atom is -0.497 e. The number of hydrogen-bond acceptors (Lipinski definition) is 6. The Kier molecular flexibility index (Phi) is 6.32. The van der Waals surface area contributed by atoms with Crippen LogP contribution in [0.3, 0.4) is 0 Å². The van der Waals surface area contributed by atoms with Gasteiger partial charge in [0.1, 0.15) is 11.5 Å². The van der Waals surface area contributed by atoms with E-state index in [0.29, 0.717) is 17.5 Å². The third-order valence-corrected chi connectivity index (χ3v) is 4.66. The highest BCUT2D eigenvalue weighted by Crippen LogP contribution is 2.21. The fourth-order valence-electron chi connectivity index (χ4n) is 2.31. The predicted molar refractivity (Wildman–Crippen MR) is 104 cm³/mol. The maximum absolute atomic E-state index is 12.0. The summed E-state index contributed by atoms with van der Waals surface area (Å²) in [4.78, 5) is 16.4. The van der Waals surface area contributed by atoms with Crippen molar-refractivity contribution in [2.24, 2.45) is 0 Å². The number of rotatable bonds is 8. The number of thioether (sulfide) groups is 1. The second kappa shape index (κ2) is 9.09. The third kappa shape index (κ3) is 5.24.